The maximum Gasteiger partial charge on any atom is 0.224 e. The maximum atomic E-state index is 12.2. The van der Waals surface area contributed by atoms with Crippen LogP contribution >= 0.6 is 11.6 Å². The SMILES string of the molecule is Cc1cc(C)n(-c2ccc(CCC(=O)Nc3cc(Cl)ccc3C)cc2)n1. The van der Waals surface area contributed by atoms with E-state index >= 15 is 0 Å². The molecule has 0 bridgehead atoms. The first-order chi connectivity index (χ1) is 12.4. The van der Waals surface area contributed by atoms with E-state index in [1.54, 1.807) is 6.07 Å². The fourth-order valence-electron chi connectivity index (χ4n) is 2.89. The van der Waals surface area contributed by atoms with Gasteiger partial charge in [0.05, 0.1) is 11.4 Å². The molecular weight excluding hydrogens is 346 g/mol. The lowest BCUT2D eigenvalue weighted by atomic mass is 10.1. The standard InChI is InChI=1S/C21H22ClN3O/c1-14-4-8-18(22)13-20(14)23-21(26)11-7-17-5-9-19(10-6-17)25-16(3)12-15(2)24-25/h4-6,8-10,12-13H,7,11H2,1-3H3,(H,23,26). The highest BCUT2D eigenvalue weighted by molar-refractivity contribution is 6.31. The molecular formula is C21H22ClN3O. The molecule has 2 aromatic carbocycles. The van der Waals surface area contributed by atoms with Crippen LogP contribution in [0.15, 0.2) is 48.5 Å². The van der Waals surface area contributed by atoms with Gasteiger partial charge in [0.25, 0.3) is 0 Å². The minimum atomic E-state index is -0.0158. The van der Waals surface area contributed by atoms with E-state index in [9.17, 15) is 4.79 Å². The second-order valence-electron chi connectivity index (χ2n) is 6.51. The molecule has 4 nitrogen and oxygen atoms in total. The van der Waals surface area contributed by atoms with E-state index in [1.807, 2.05) is 61.9 Å². The topological polar surface area (TPSA) is 46.9 Å². The van der Waals surface area contributed by atoms with Gasteiger partial charge in [-0.25, -0.2) is 4.68 Å². The van der Waals surface area contributed by atoms with Crippen molar-refractivity contribution in [3.63, 3.8) is 0 Å². The molecule has 0 aliphatic rings. The smallest absolute Gasteiger partial charge is 0.224 e. The molecule has 0 aliphatic carbocycles. The van der Waals surface area contributed by atoms with E-state index in [0.717, 1.165) is 33.9 Å². The van der Waals surface area contributed by atoms with Crippen molar-refractivity contribution in [2.24, 2.45) is 0 Å². The van der Waals surface area contributed by atoms with Gasteiger partial charge in [-0.05, 0) is 68.7 Å². The predicted octanol–water partition coefficient (Wildman–Crippen LogP) is 5.02. The Morgan fingerprint density at radius 2 is 1.81 bits per heavy atom. The van der Waals surface area contributed by atoms with Crippen LogP contribution < -0.4 is 5.32 Å². The Hall–Kier alpha value is -2.59. The molecule has 0 unspecified atom stereocenters. The number of carbonyl (C=O) groups is 1. The van der Waals surface area contributed by atoms with E-state index < -0.39 is 0 Å². The highest BCUT2D eigenvalue weighted by Gasteiger charge is 2.07. The number of nitrogens with zero attached hydrogens (tertiary/aromatic N) is 2. The molecule has 134 valence electrons. The molecule has 1 aromatic heterocycles. The number of aromatic nitrogens is 2. The molecule has 0 saturated carbocycles. The molecule has 1 amide bonds. The summed E-state index contributed by atoms with van der Waals surface area (Å²) in [5.41, 5.74) is 6.01. The Labute approximate surface area is 158 Å². The van der Waals surface area contributed by atoms with Crippen LogP contribution in [0.5, 0.6) is 0 Å². The Kier molecular flexibility index (Phi) is 5.43. The summed E-state index contributed by atoms with van der Waals surface area (Å²) in [7, 11) is 0. The van der Waals surface area contributed by atoms with Crippen molar-refractivity contribution in [1.82, 2.24) is 9.78 Å². The Morgan fingerprint density at radius 3 is 2.46 bits per heavy atom. The van der Waals surface area contributed by atoms with Gasteiger partial charge in [0, 0.05) is 22.8 Å². The average molecular weight is 368 g/mol. The zero-order valence-electron chi connectivity index (χ0n) is 15.2. The zero-order chi connectivity index (χ0) is 18.7. The lowest BCUT2D eigenvalue weighted by Gasteiger charge is -2.09. The van der Waals surface area contributed by atoms with Crippen LogP contribution in [0.2, 0.25) is 5.02 Å². The second kappa shape index (κ2) is 7.75. The maximum absolute atomic E-state index is 12.2. The summed E-state index contributed by atoms with van der Waals surface area (Å²) in [5, 5.41) is 8.04. The molecule has 1 heterocycles. The summed E-state index contributed by atoms with van der Waals surface area (Å²) in [6.45, 7) is 5.97. The minimum Gasteiger partial charge on any atom is -0.326 e. The highest BCUT2D eigenvalue weighted by Crippen LogP contribution is 2.20. The fourth-order valence-corrected chi connectivity index (χ4v) is 3.07. The van der Waals surface area contributed by atoms with Crippen molar-refractivity contribution in [3.8, 4) is 5.69 Å². The molecule has 3 aromatic rings. The number of nitrogens with one attached hydrogen (secondary N) is 1. The molecule has 0 aliphatic heterocycles. The van der Waals surface area contributed by atoms with E-state index in [-0.39, 0.29) is 5.91 Å². The van der Waals surface area contributed by atoms with Crippen molar-refractivity contribution in [2.75, 3.05) is 5.32 Å². The van der Waals surface area contributed by atoms with Crippen LogP contribution in [-0.4, -0.2) is 15.7 Å². The van der Waals surface area contributed by atoms with Gasteiger partial charge in [-0.2, -0.15) is 5.10 Å². The number of carbonyl (C=O) groups excluding carboxylic acids is 1. The third-order valence-corrected chi connectivity index (χ3v) is 4.54. The van der Waals surface area contributed by atoms with Gasteiger partial charge in [0.15, 0.2) is 0 Å². The number of benzene rings is 2. The number of rotatable bonds is 5. The van der Waals surface area contributed by atoms with Crippen molar-refractivity contribution in [3.05, 3.63) is 76.1 Å². The first-order valence-electron chi connectivity index (χ1n) is 8.61. The molecule has 0 saturated heterocycles. The molecule has 26 heavy (non-hydrogen) atoms. The zero-order valence-corrected chi connectivity index (χ0v) is 16.0. The molecule has 0 atom stereocenters. The number of aryl methyl sites for hydroxylation is 4. The molecule has 5 heteroatoms. The molecule has 0 fully saturated rings. The van der Waals surface area contributed by atoms with Crippen LogP contribution in [-0.2, 0) is 11.2 Å². The number of anilines is 1. The average Bonchev–Trinajstić information content (AvgIpc) is 2.95. The lowest BCUT2D eigenvalue weighted by Crippen LogP contribution is -2.13. The summed E-state index contributed by atoms with van der Waals surface area (Å²) < 4.78 is 1.92. The third-order valence-electron chi connectivity index (χ3n) is 4.30. The number of hydrogen-bond donors (Lipinski definition) is 1. The fraction of sp³-hybridized carbons (Fsp3) is 0.238. The molecule has 3 rings (SSSR count). The molecule has 0 spiro atoms. The first-order valence-corrected chi connectivity index (χ1v) is 8.99. The highest BCUT2D eigenvalue weighted by atomic mass is 35.5. The monoisotopic (exact) mass is 367 g/mol. The number of halogens is 1. The first kappa shape index (κ1) is 18.2. The minimum absolute atomic E-state index is 0.0158. The van der Waals surface area contributed by atoms with Crippen LogP contribution in [0.3, 0.4) is 0 Å². The summed E-state index contributed by atoms with van der Waals surface area (Å²) in [4.78, 5) is 12.2. The van der Waals surface area contributed by atoms with Crippen molar-refractivity contribution >= 4 is 23.2 Å². The number of hydrogen-bond acceptors (Lipinski definition) is 2. The Balaban J connectivity index is 1.60. The lowest BCUT2D eigenvalue weighted by molar-refractivity contribution is -0.116. The summed E-state index contributed by atoms with van der Waals surface area (Å²) in [6, 6.07) is 15.7. The summed E-state index contributed by atoms with van der Waals surface area (Å²) >= 11 is 5.99. The van der Waals surface area contributed by atoms with Gasteiger partial charge >= 0.3 is 0 Å². The van der Waals surface area contributed by atoms with Crippen LogP contribution in [0, 0.1) is 20.8 Å². The second-order valence-corrected chi connectivity index (χ2v) is 6.95. The van der Waals surface area contributed by atoms with Crippen LogP contribution in [0.25, 0.3) is 5.69 Å². The normalized spacial score (nSPS) is 10.8. The molecule has 1 N–H and O–H groups in total. The van der Waals surface area contributed by atoms with Gasteiger partial charge in [-0.1, -0.05) is 29.8 Å². The van der Waals surface area contributed by atoms with E-state index in [4.69, 9.17) is 11.6 Å². The Bertz CT molecular complexity index is 929. The van der Waals surface area contributed by atoms with Gasteiger partial charge in [-0.3, -0.25) is 4.79 Å². The number of amides is 1. The molecule has 0 radical (unpaired) electrons. The third kappa shape index (κ3) is 4.33. The summed E-state index contributed by atoms with van der Waals surface area (Å²) in [5.74, 6) is -0.0158. The van der Waals surface area contributed by atoms with E-state index in [1.165, 1.54) is 0 Å². The quantitative estimate of drug-likeness (QED) is 0.688. The van der Waals surface area contributed by atoms with Crippen molar-refractivity contribution < 1.29 is 4.79 Å². The largest absolute Gasteiger partial charge is 0.326 e. The van der Waals surface area contributed by atoms with Crippen LogP contribution in [0.4, 0.5) is 5.69 Å². The van der Waals surface area contributed by atoms with Gasteiger partial charge in [0.2, 0.25) is 5.91 Å². The van der Waals surface area contributed by atoms with Gasteiger partial charge < -0.3 is 5.32 Å². The Morgan fingerprint density at radius 1 is 1.08 bits per heavy atom. The van der Waals surface area contributed by atoms with Gasteiger partial charge in [0.1, 0.15) is 0 Å². The predicted molar refractivity (Wildman–Crippen MR) is 106 cm³/mol. The van der Waals surface area contributed by atoms with Crippen LogP contribution in [0.1, 0.15) is 28.9 Å². The van der Waals surface area contributed by atoms with Gasteiger partial charge in [-0.15, -0.1) is 0 Å². The van der Waals surface area contributed by atoms with E-state index in [0.29, 0.717) is 17.9 Å². The van der Waals surface area contributed by atoms with Crippen molar-refractivity contribution in [2.45, 2.75) is 33.6 Å². The van der Waals surface area contributed by atoms with Crippen molar-refractivity contribution in [1.29, 1.82) is 0 Å². The summed E-state index contributed by atoms with van der Waals surface area (Å²) in [6.07, 6.45) is 1.11. The van der Waals surface area contributed by atoms with E-state index in [2.05, 4.69) is 16.5 Å².